The normalized spacial score (nSPS) is 24.8. The number of rotatable bonds is 6. The molecule has 3 unspecified atom stereocenters. The van der Waals surface area contributed by atoms with Crippen molar-refractivity contribution in [1.82, 2.24) is 14.9 Å². The van der Waals surface area contributed by atoms with Crippen molar-refractivity contribution >= 4 is 46.5 Å². The first-order chi connectivity index (χ1) is 15.9. The fourth-order valence-electron chi connectivity index (χ4n) is 5.06. The molecular formula is C23H23ClN4O4S. The molecule has 2 saturated heterocycles. The van der Waals surface area contributed by atoms with E-state index in [0.717, 1.165) is 12.0 Å². The summed E-state index contributed by atoms with van der Waals surface area (Å²) in [5.41, 5.74) is 7.15. The number of nitrogens with two attached hydrogens (primary N) is 1. The van der Waals surface area contributed by atoms with E-state index < -0.39 is 17.6 Å². The number of aromatic nitrogens is 2. The fourth-order valence-corrected chi connectivity index (χ4v) is 5.69. The predicted molar refractivity (Wildman–Crippen MR) is 124 cm³/mol. The van der Waals surface area contributed by atoms with E-state index in [4.69, 9.17) is 26.5 Å². The molecular weight excluding hydrogens is 464 g/mol. The summed E-state index contributed by atoms with van der Waals surface area (Å²) in [5, 5.41) is 1.11. The Bertz CT molecular complexity index is 1220. The number of primary amides is 1. The molecule has 3 aromatic rings. The second-order valence-corrected chi connectivity index (χ2v) is 9.73. The minimum atomic E-state index is -0.851. The van der Waals surface area contributed by atoms with Gasteiger partial charge in [-0.25, -0.2) is 14.8 Å². The molecule has 8 nitrogen and oxygen atoms in total. The highest BCUT2D eigenvalue weighted by atomic mass is 35.5. The molecule has 172 valence electrons. The zero-order valence-electron chi connectivity index (χ0n) is 18.0. The van der Waals surface area contributed by atoms with Crippen molar-refractivity contribution in [3.63, 3.8) is 0 Å². The summed E-state index contributed by atoms with van der Waals surface area (Å²) in [6.45, 7) is 0.588. The van der Waals surface area contributed by atoms with Crippen molar-refractivity contribution in [3.05, 3.63) is 52.9 Å². The van der Waals surface area contributed by atoms with E-state index in [1.807, 2.05) is 30.5 Å². The lowest BCUT2D eigenvalue weighted by atomic mass is 9.85. The van der Waals surface area contributed by atoms with Crippen LogP contribution in [0.1, 0.15) is 41.7 Å². The lowest BCUT2D eigenvalue weighted by Gasteiger charge is -2.45. The Kier molecular flexibility index (Phi) is 5.80. The Labute approximate surface area is 199 Å². The van der Waals surface area contributed by atoms with Crippen LogP contribution in [-0.2, 0) is 16.1 Å². The number of fused-ring (bicyclic) bond motifs is 3. The molecule has 2 aromatic heterocycles. The Morgan fingerprint density at radius 3 is 2.82 bits per heavy atom. The molecule has 0 saturated carbocycles. The van der Waals surface area contributed by atoms with Crippen LogP contribution < -0.4 is 5.73 Å². The van der Waals surface area contributed by atoms with Crippen LogP contribution in [-0.4, -0.2) is 50.7 Å². The van der Waals surface area contributed by atoms with E-state index in [2.05, 4.69) is 14.9 Å². The largest absolute Gasteiger partial charge is 0.457 e. The average Bonchev–Trinajstić information content (AvgIpc) is 3.34. The molecule has 2 bridgehead atoms. The van der Waals surface area contributed by atoms with E-state index in [1.165, 1.54) is 18.0 Å². The Morgan fingerprint density at radius 1 is 1.30 bits per heavy atom. The van der Waals surface area contributed by atoms with Crippen LogP contribution in [0.5, 0.6) is 0 Å². The summed E-state index contributed by atoms with van der Waals surface area (Å²) in [5.74, 6) is -0.936. The quantitative estimate of drug-likeness (QED) is 0.413. The lowest BCUT2D eigenvalue weighted by molar-refractivity contribution is -0.136. The first kappa shape index (κ1) is 22.2. The van der Waals surface area contributed by atoms with Crippen LogP contribution in [0.25, 0.3) is 11.2 Å². The molecule has 0 spiro atoms. The fraction of sp³-hybridized carbons (Fsp3) is 0.391. The van der Waals surface area contributed by atoms with Crippen LogP contribution in [0, 0.1) is 0 Å². The summed E-state index contributed by atoms with van der Waals surface area (Å²) in [7, 11) is 0. The number of thioether (sulfide) groups is 1. The number of amides is 1. The molecule has 1 aromatic carbocycles. The van der Waals surface area contributed by atoms with Crippen LogP contribution in [0.15, 0.2) is 46.0 Å². The van der Waals surface area contributed by atoms with Gasteiger partial charge in [-0.05, 0) is 36.8 Å². The van der Waals surface area contributed by atoms with Gasteiger partial charge < -0.3 is 14.9 Å². The van der Waals surface area contributed by atoms with Crippen LogP contribution in [0.2, 0.25) is 5.02 Å². The number of benzene rings is 1. The smallest absolute Gasteiger partial charge is 0.360 e. The monoisotopic (exact) mass is 486 g/mol. The lowest BCUT2D eigenvalue weighted by Crippen LogP contribution is -2.60. The number of nitrogens with zero attached hydrogens (tertiary/aromatic N) is 3. The maximum absolute atomic E-state index is 13.1. The van der Waals surface area contributed by atoms with Gasteiger partial charge in [0.2, 0.25) is 11.6 Å². The van der Waals surface area contributed by atoms with Gasteiger partial charge in [0.15, 0.2) is 5.69 Å². The highest BCUT2D eigenvalue weighted by Gasteiger charge is 2.56. The van der Waals surface area contributed by atoms with Crippen LogP contribution >= 0.6 is 23.4 Å². The Hall–Kier alpha value is -2.62. The molecule has 4 heterocycles. The third-order valence-corrected chi connectivity index (χ3v) is 7.55. The minimum absolute atomic E-state index is 0.0854. The maximum Gasteiger partial charge on any atom is 0.360 e. The molecule has 3 atom stereocenters. The number of hydrogen-bond acceptors (Lipinski definition) is 8. The molecule has 2 aliphatic rings. The van der Waals surface area contributed by atoms with Gasteiger partial charge in [0, 0.05) is 36.5 Å². The standard InChI is InChI=1S/C23H23ClN4O4S/c1-33-20-18(26-17-7-9-31-19(17)27-20)21(29)32-16-10-15-6-8-23(11-16,22(25)30)28(15)12-13-2-4-14(24)5-3-13/h2-5,7,9,15-16H,6,8,10-12H2,1H3,(H2,25,30). The van der Waals surface area contributed by atoms with Crippen molar-refractivity contribution in [1.29, 1.82) is 0 Å². The van der Waals surface area contributed by atoms with Crippen molar-refractivity contribution in [3.8, 4) is 0 Å². The number of ether oxygens (including phenoxy) is 1. The SMILES string of the molecule is CSc1nc2occc2nc1C(=O)OC1CC2CCC(C(N)=O)(C1)N2Cc1ccc(Cl)cc1. The van der Waals surface area contributed by atoms with Gasteiger partial charge in [-0.15, -0.1) is 11.8 Å². The molecule has 1 amide bonds. The van der Waals surface area contributed by atoms with Gasteiger partial charge in [0.1, 0.15) is 22.2 Å². The van der Waals surface area contributed by atoms with Crippen LogP contribution in [0.3, 0.4) is 0 Å². The highest BCUT2D eigenvalue weighted by molar-refractivity contribution is 7.98. The summed E-state index contributed by atoms with van der Waals surface area (Å²) in [6.07, 6.45) is 5.31. The van der Waals surface area contributed by atoms with Gasteiger partial charge in [-0.3, -0.25) is 9.69 Å². The van der Waals surface area contributed by atoms with Crippen molar-refractivity contribution in [2.24, 2.45) is 5.73 Å². The average molecular weight is 487 g/mol. The first-order valence-corrected chi connectivity index (χ1v) is 12.3. The number of hydrogen-bond donors (Lipinski definition) is 1. The molecule has 0 radical (unpaired) electrons. The maximum atomic E-state index is 13.1. The third kappa shape index (κ3) is 3.98. The van der Waals surface area contributed by atoms with Crippen molar-refractivity contribution in [2.75, 3.05) is 6.26 Å². The second kappa shape index (κ2) is 8.62. The zero-order valence-corrected chi connectivity index (χ0v) is 19.6. The van der Waals surface area contributed by atoms with E-state index in [9.17, 15) is 9.59 Å². The number of furan rings is 1. The second-order valence-electron chi connectivity index (χ2n) is 8.50. The van der Waals surface area contributed by atoms with Crippen molar-refractivity contribution in [2.45, 2.75) is 54.9 Å². The van der Waals surface area contributed by atoms with E-state index in [0.29, 0.717) is 47.1 Å². The summed E-state index contributed by atoms with van der Waals surface area (Å²) in [6, 6.07) is 9.33. The van der Waals surface area contributed by atoms with Gasteiger partial charge in [-0.2, -0.15) is 0 Å². The first-order valence-electron chi connectivity index (χ1n) is 10.7. The van der Waals surface area contributed by atoms with Gasteiger partial charge in [0.05, 0.1) is 6.26 Å². The molecule has 5 rings (SSSR count). The third-order valence-electron chi connectivity index (χ3n) is 6.63. The van der Waals surface area contributed by atoms with E-state index >= 15 is 0 Å². The van der Waals surface area contributed by atoms with Gasteiger partial charge >= 0.3 is 5.97 Å². The molecule has 33 heavy (non-hydrogen) atoms. The number of halogens is 1. The summed E-state index contributed by atoms with van der Waals surface area (Å²) >= 11 is 7.31. The van der Waals surface area contributed by atoms with Gasteiger partial charge in [-0.1, -0.05) is 23.7 Å². The predicted octanol–water partition coefficient (Wildman–Crippen LogP) is 3.81. The van der Waals surface area contributed by atoms with E-state index in [1.54, 1.807) is 6.07 Å². The zero-order chi connectivity index (χ0) is 23.2. The Balaban J connectivity index is 1.37. The van der Waals surface area contributed by atoms with Gasteiger partial charge in [0.25, 0.3) is 0 Å². The number of carbonyl (C=O) groups excluding carboxylic acids is 2. The molecule has 2 fully saturated rings. The number of carbonyl (C=O) groups is 2. The van der Waals surface area contributed by atoms with Crippen molar-refractivity contribution < 1.29 is 18.7 Å². The number of esters is 1. The Morgan fingerprint density at radius 2 is 2.09 bits per heavy atom. The number of piperidine rings is 1. The molecule has 10 heteroatoms. The molecule has 2 N–H and O–H groups in total. The molecule has 0 aliphatic carbocycles. The van der Waals surface area contributed by atoms with Crippen LogP contribution in [0.4, 0.5) is 0 Å². The summed E-state index contributed by atoms with van der Waals surface area (Å²) in [4.78, 5) is 36.7. The highest BCUT2D eigenvalue weighted by Crippen LogP contribution is 2.46. The topological polar surface area (TPSA) is 112 Å². The molecule has 2 aliphatic heterocycles. The minimum Gasteiger partial charge on any atom is -0.457 e. The summed E-state index contributed by atoms with van der Waals surface area (Å²) < 4.78 is 11.2. The van der Waals surface area contributed by atoms with E-state index in [-0.39, 0.29) is 17.6 Å².